The lowest BCUT2D eigenvalue weighted by Gasteiger charge is -2.26. The Morgan fingerprint density at radius 2 is 2.06 bits per heavy atom. The van der Waals surface area contributed by atoms with Gasteiger partial charge in [-0.15, -0.1) is 0 Å². The van der Waals surface area contributed by atoms with Crippen LogP contribution < -0.4 is 5.32 Å². The number of nitrogens with one attached hydrogen (secondary N) is 1. The van der Waals surface area contributed by atoms with E-state index in [1.165, 1.54) is 0 Å². The van der Waals surface area contributed by atoms with Gasteiger partial charge in [-0.05, 0) is 21.0 Å². The number of likely N-dealkylation sites (N-methyl/N-ethyl adjacent to an activating group) is 1. The molecule has 1 unspecified atom stereocenters. The van der Waals surface area contributed by atoms with Gasteiger partial charge in [-0.1, -0.05) is 0 Å². The minimum atomic E-state index is -0.936. The Morgan fingerprint density at radius 1 is 1.50 bits per heavy atom. The molecular weight excluding hydrogens is 238 g/mol. The number of hydrogen-bond acceptors (Lipinski definition) is 7. The van der Waals surface area contributed by atoms with E-state index < -0.39 is 10.5 Å². The summed E-state index contributed by atoms with van der Waals surface area (Å²) in [5.74, 6) is 0.250. The van der Waals surface area contributed by atoms with Crippen LogP contribution in [0.1, 0.15) is 6.92 Å². The maximum atomic E-state index is 10.4. The molecule has 18 heavy (non-hydrogen) atoms. The quantitative estimate of drug-likeness (QED) is 0.549. The number of hydrogen-bond donors (Lipinski definition) is 2. The van der Waals surface area contributed by atoms with Crippen LogP contribution in [-0.4, -0.2) is 57.7 Å². The molecule has 0 saturated carbocycles. The Labute approximate surface area is 105 Å². The third-order valence-electron chi connectivity index (χ3n) is 2.13. The van der Waals surface area contributed by atoms with E-state index in [0.717, 1.165) is 12.4 Å². The van der Waals surface area contributed by atoms with Crippen molar-refractivity contribution < 1.29 is 10.0 Å². The average molecular weight is 255 g/mol. The summed E-state index contributed by atoms with van der Waals surface area (Å²) in [5, 5.41) is 23.3. The van der Waals surface area contributed by atoms with Crippen molar-refractivity contribution in [1.82, 2.24) is 14.9 Å². The summed E-state index contributed by atoms with van der Waals surface area (Å²) in [7, 11) is 3.72. The molecule has 8 heteroatoms. The summed E-state index contributed by atoms with van der Waals surface area (Å²) in [5.41, 5.74) is -1.10. The number of nitro groups is 1. The lowest BCUT2D eigenvalue weighted by Crippen LogP contribution is -2.43. The number of nitrogens with zero attached hydrogens (tertiary/aromatic N) is 4. The Kier molecular flexibility index (Phi) is 4.51. The fourth-order valence-electron chi connectivity index (χ4n) is 1.51. The summed E-state index contributed by atoms with van der Waals surface area (Å²) >= 11 is 0. The summed E-state index contributed by atoms with van der Waals surface area (Å²) in [6.07, 6.45) is 2.24. The highest BCUT2D eigenvalue weighted by molar-refractivity contribution is 5.30. The highest BCUT2D eigenvalue weighted by Crippen LogP contribution is 2.10. The molecule has 0 spiro atoms. The topological polar surface area (TPSA) is 104 Å². The van der Waals surface area contributed by atoms with Crippen molar-refractivity contribution in [3.8, 4) is 0 Å². The lowest BCUT2D eigenvalue weighted by atomic mass is 10.1. The zero-order valence-electron chi connectivity index (χ0n) is 10.6. The number of aliphatic hydroxyl groups is 1. The second-order valence-electron chi connectivity index (χ2n) is 4.61. The van der Waals surface area contributed by atoms with Crippen molar-refractivity contribution in [2.24, 2.45) is 0 Å². The molecule has 0 aromatic carbocycles. The highest BCUT2D eigenvalue weighted by Gasteiger charge is 2.21. The van der Waals surface area contributed by atoms with E-state index in [4.69, 9.17) is 0 Å². The minimum absolute atomic E-state index is 0.166. The average Bonchev–Trinajstić information content (AvgIpc) is 2.25. The van der Waals surface area contributed by atoms with Crippen LogP contribution in [0.3, 0.4) is 0 Å². The molecule has 0 bridgehead atoms. The van der Waals surface area contributed by atoms with Gasteiger partial charge >= 0.3 is 5.69 Å². The number of rotatable bonds is 6. The first-order valence-electron chi connectivity index (χ1n) is 5.37. The predicted molar refractivity (Wildman–Crippen MR) is 66.4 cm³/mol. The van der Waals surface area contributed by atoms with Crippen LogP contribution in [0.5, 0.6) is 0 Å². The van der Waals surface area contributed by atoms with E-state index >= 15 is 0 Å². The molecule has 0 aliphatic heterocycles. The fraction of sp³-hybridized carbons (Fsp3) is 0.600. The fourth-order valence-corrected chi connectivity index (χ4v) is 1.51. The second-order valence-corrected chi connectivity index (χ2v) is 4.61. The van der Waals surface area contributed by atoms with Gasteiger partial charge < -0.3 is 15.3 Å². The second kappa shape index (κ2) is 5.69. The summed E-state index contributed by atoms with van der Waals surface area (Å²) in [4.78, 5) is 19.3. The maximum Gasteiger partial charge on any atom is 0.305 e. The molecule has 1 aromatic heterocycles. The molecule has 100 valence electrons. The third-order valence-corrected chi connectivity index (χ3v) is 2.13. The summed E-state index contributed by atoms with van der Waals surface area (Å²) in [6, 6.07) is 0. The molecule has 1 aromatic rings. The Balaban J connectivity index is 2.55. The van der Waals surface area contributed by atoms with Gasteiger partial charge in [0.15, 0.2) is 0 Å². The van der Waals surface area contributed by atoms with Crippen LogP contribution in [0.4, 0.5) is 11.6 Å². The molecule has 2 N–H and O–H groups in total. The lowest BCUT2D eigenvalue weighted by molar-refractivity contribution is -0.385. The number of anilines is 1. The Bertz CT molecular complexity index is 404. The maximum absolute atomic E-state index is 10.4. The van der Waals surface area contributed by atoms with Gasteiger partial charge in [-0.2, -0.15) is 0 Å². The van der Waals surface area contributed by atoms with Crippen molar-refractivity contribution in [2.75, 3.05) is 32.5 Å². The van der Waals surface area contributed by atoms with E-state index in [2.05, 4.69) is 15.3 Å². The van der Waals surface area contributed by atoms with E-state index in [-0.39, 0.29) is 18.2 Å². The smallest absolute Gasteiger partial charge is 0.305 e. The minimum Gasteiger partial charge on any atom is -0.387 e. The molecule has 0 amide bonds. The normalized spacial score (nSPS) is 14.3. The molecule has 0 fully saturated rings. The van der Waals surface area contributed by atoms with Gasteiger partial charge in [-0.25, -0.2) is 9.97 Å². The van der Waals surface area contributed by atoms with Gasteiger partial charge in [0.2, 0.25) is 5.95 Å². The summed E-state index contributed by atoms with van der Waals surface area (Å²) in [6.45, 7) is 2.42. The summed E-state index contributed by atoms with van der Waals surface area (Å²) < 4.78 is 0. The van der Waals surface area contributed by atoms with Crippen LogP contribution in [0.15, 0.2) is 12.4 Å². The SMILES string of the molecule is CN(C)CC(C)(O)CNc1ncc([N+](=O)[O-])cn1. The number of aromatic nitrogens is 2. The molecular formula is C10H17N5O3. The predicted octanol–water partition coefficient (Wildman–Crippen LogP) is 0.109. The monoisotopic (exact) mass is 255 g/mol. The molecule has 0 aliphatic carbocycles. The van der Waals surface area contributed by atoms with E-state index in [0.29, 0.717) is 6.54 Å². The van der Waals surface area contributed by atoms with Crippen molar-refractivity contribution in [3.63, 3.8) is 0 Å². The van der Waals surface area contributed by atoms with Gasteiger partial charge in [0, 0.05) is 13.1 Å². The first-order valence-corrected chi connectivity index (χ1v) is 5.37. The van der Waals surface area contributed by atoms with Gasteiger partial charge in [0.05, 0.1) is 10.5 Å². The zero-order chi connectivity index (χ0) is 13.8. The van der Waals surface area contributed by atoms with Crippen molar-refractivity contribution in [3.05, 3.63) is 22.5 Å². The van der Waals surface area contributed by atoms with Crippen molar-refractivity contribution in [2.45, 2.75) is 12.5 Å². The molecule has 0 radical (unpaired) electrons. The van der Waals surface area contributed by atoms with Gasteiger partial charge in [-0.3, -0.25) is 10.1 Å². The Hall–Kier alpha value is -1.80. The molecule has 0 saturated heterocycles. The van der Waals surface area contributed by atoms with Crippen molar-refractivity contribution in [1.29, 1.82) is 0 Å². The van der Waals surface area contributed by atoms with Crippen LogP contribution in [-0.2, 0) is 0 Å². The third kappa shape index (κ3) is 4.60. The molecule has 8 nitrogen and oxygen atoms in total. The van der Waals surface area contributed by atoms with Crippen LogP contribution >= 0.6 is 0 Å². The van der Waals surface area contributed by atoms with Crippen LogP contribution in [0.2, 0.25) is 0 Å². The molecule has 0 aliphatic rings. The van der Waals surface area contributed by atoms with Crippen LogP contribution in [0.25, 0.3) is 0 Å². The van der Waals surface area contributed by atoms with Crippen LogP contribution in [0, 0.1) is 10.1 Å². The van der Waals surface area contributed by atoms with E-state index in [1.807, 2.05) is 19.0 Å². The van der Waals surface area contributed by atoms with E-state index in [1.54, 1.807) is 6.92 Å². The molecule has 1 heterocycles. The molecule has 1 atom stereocenters. The van der Waals surface area contributed by atoms with E-state index in [9.17, 15) is 15.2 Å². The largest absolute Gasteiger partial charge is 0.387 e. The first-order chi connectivity index (χ1) is 8.30. The van der Waals surface area contributed by atoms with Crippen molar-refractivity contribution >= 4 is 11.6 Å². The van der Waals surface area contributed by atoms with Gasteiger partial charge in [0.25, 0.3) is 0 Å². The molecule has 1 rings (SSSR count). The highest BCUT2D eigenvalue weighted by atomic mass is 16.6. The Morgan fingerprint density at radius 3 is 2.50 bits per heavy atom. The zero-order valence-corrected chi connectivity index (χ0v) is 10.6. The standard InChI is InChI=1S/C10H17N5O3/c1-10(16,7-14(2)3)6-13-9-11-4-8(5-12-9)15(17)18/h4-5,16H,6-7H2,1-3H3,(H,11,12,13). The first kappa shape index (κ1) is 14.3. The van der Waals surface area contributed by atoms with Gasteiger partial charge in [0.1, 0.15) is 12.4 Å².